The van der Waals surface area contributed by atoms with Gasteiger partial charge in [-0.25, -0.2) is 0 Å². The first-order valence-electron chi connectivity index (χ1n) is 7.13. The Kier molecular flexibility index (Phi) is 3.15. The van der Waals surface area contributed by atoms with Gasteiger partial charge in [-0.2, -0.15) is 5.10 Å². The first kappa shape index (κ1) is 12.5. The van der Waals surface area contributed by atoms with Crippen molar-refractivity contribution in [1.29, 1.82) is 0 Å². The van der Waals surface area contributed by atoms with E-state index in [1.165, 1.54) is 31.4 Å². The van der Waals surface area contributed by atoms with E-state index in [-0.39, 0.29) is 0 Å². The predicted molar refractivity (Wildman–Crippen MR) is 74.0 cm³/mol. The Bertz CT molecular complexity index is 442. The van der Waals surface area contributed by atoms with Gasteiger partial charge in [0.15, 0.2) is 0 Å². The SMILES string of the molecule is CCn1nc(C)c(Cl)c1CC1(C2CC2)CCCN1. The number of aryl methyl sites for hydroxylation is 2. The summed E-state index contributed by atoms with van der Waals surface area (Å²) >= 11 is 6.45. The molecule has 1 N–H and O–H groups in total. The Morgan fingerprint density at radius 2 is 2.28 bits per heavy atom. The molecule has 0 amide bonds. The molecule has 1 atom stereocenters. The van der Waals surface area contributed by atoms with E-state index >= 15 is 0 Å². The second-order valence-corrected chi connectivity index (χ2v) is 6.18. The van der Waals surface area contributed by atoms with Crippen LogP contribution in [0.25, 0.3) is 0 Å². The fourth-order valence-electron chi connectivity index (χ4n) is 3.45. The number of hydrogen-bond donors (Lipinski definition) is 1. The van der Waals surface area contributed by atoms with Gasteiger partial charge in [-0.15, -0.1) is 0 Å². The lowest BCUT2D eigenvalue weighted by Gasteiger charge is -2.30. The third-order valence-electron chi connectivity index (χ3n) is 4.57. The fraction of sp³-hybridized carbons (Fsp3) is 0.786. The van der Waals surface area contributed by atoms with Gasteiger partial charge in [-0.05, 0) is 52.0 Å². The standard InChI is InChI=1S/C14H22ClN3/c1-3-18-12(13(15)10(2)17-18)9-14(11-5-6-11)7-4-8-16-14/h11,16H,3-9H2,1-2H3. The minimum Gasteiger partial charge on any atom is -0.311 e. The molecule has 1 aromatic heterocycles. The van der Waals surface area contributed by atoms with Crippen LogP contribution in [-0.2, 0) is 13.0 Å². The van der Waals surface area contributed by atoms with Crippen LogP contribution in [0.3, 0.4) is 0 Å². The zero-order chi connectivity index (χ0) is 12.8. The highest BCUT2D eigenvalue weighted by atomic mass is 35.5. The van der Waals surface area contributed by atoms with Crippen molar-refractivity contribution in [2.75, 3.05) is 6.54 Å². The molecule has 4 heteroatoms. The Hall–Kier alpha value is -0.540. The Morgan fingerprint density at radius 1 is 1.50 bits per heavy atom. The number of rotatable bonds is 4. The molecule has 1 aliphatic heterocycles. The minimum absolute atomic E-state index is 0.309. The molecule has 18 heavy (non-hydrogen) atoms. The molecule has 100 valence electrons. The van der Waals surface area contributed by atoms with Crippen molar-refractivity contribution in [3.8, 4) is 0 Å². The summed E-state index contributed by atoms with van der Waals surface area (Å²) in [6.45, 7) is 6.21. The topological polar surface area (TPSA) is 29.9 Å². The normalized spacial score (nSPS) is 27.9. The summed E-state index contributed by atoms with van der Waals surface area (Å²) in [5, 5.41) is 9.19. The summed E-state index contributed by atoms with van der Waals surface area (Å²) in [5.41, 5.74) is 2.51. The third kappa shape index (κ3) is 1.97. The van der Waals surface area contributed by atoms with Crippen LogP contribution >= 0.6 is 11.6 Å². The summed E-state index contributed by atoms with van der Waals surface area (Å²) in [4.78, 5) is 0. The van der Waals surface area contributed by atoms with E-state index in [0.717, 1.165) is 36.1 Å². The summed E-state index contributed by atoms with van der Waals surface area (Å²) in [5.74, 6) is 0.858. The Morgan fingerprint density at radius 3 is 2.83 bits per heavy atom. The summed E-state index contributed by atoms with van der Waals surface area (Å²) < 4.78 is 2.09. The average molecular weight is 268 g/mol. The Labute approximate surface area is 114 Å². The first-order chi connectivity index (χ1) is 8.66. The smallest absolute Gasteiger partial charge is 0.0847 e. The molecule has 1 unspecified atom stereocenters. The van der Waals surface area contributed by atoms with E-state index in [1.807, 2.05) is 6.92 Å². The number of hydrogen-bond acceptors (Lipinski definition) is 2. The highest BCUT2D eigenvalue weighted by Crippen LogP contribution is 2.46. The molecule has 1 aromatic rings. The summed E-state index contributed by atoms with van der Waals surface area (Å²) in [6.07, 6.45) is 6.40. The number of nitrogens with zero attached hydrogens (tertiary/aromatic N) is 2. The highest BCUT2D eigenvalue weighted by molar-refractivity contribution is 6.31. The van der Waals surface area contributed by atoms with Crippen LogP contribution in [0, 0.1) is 12.8 Å². The predicted octanol–water partition coefficient (Wildman–Crippen LogP) is 2.94. The molecule has 0 bridgehead atoms. The second kappa shape index (κ2) is 4.53. The van der Waals surface area contributed by atoms with Crippen LogP contribution in [0.2, 0.25) is 5.02 Å². The largest absolute Gasteiger partial charge is 0.311 e. The maximum Gasteiger partial charge on any atom is 0.0847 e. The Balaban J connectivity index is 1.91. The molecular formula is C14H22ClN3. The lowest BCUT2D eigenvalue weighted by Crippen LogP contribution is -2.44. The van der Waals surface area contributed by atoms with Gasteiger partial charge < -0.3 is 5.32 Å². The molecule has 3 nitrogen and oxygen atoms in total. The van der Waals surface area contributed by atoms with E-state index in [1.54, 1.807) is 0 Å². The van der Waals surface area contributed by atoms with Gasteiger partial charge in [0.1, 0.15) is 0 Å². The van der Waals surface area contributed by atoms with Crippen molar-refractivity contribution < 1.29 is 0 Å². The first-order valence-corrected chi connectivity index (χ1v) is 7.51. The van der Waals surface area contributed by atoms with Gasteiger partial charge in [-0.1, -0.05) is 11.6 Å². The molecule has 3 rings (SSSR count). The van der Waals surface area contributed by atoms with Gasteiger partial charge in [0.25, 0.3) is 0 Å². The summed E-state index contributed by atoms with van der Waals surface area (Å²) in [7, 11) is 0. The minimum atomic E-state index is 0.309. The summed E-state index contributed by atoms with van der Waals surface area (Å²) in [6, 6.07) is 0. The van der Waals surface area contributed by atoms with E-state index in [4.69, 9.17) is 11.6 Å². The maximum absolute atomic E-state index is 6.45. The van der Waals surface area contributed by atoms with E-state index in [9.17, 15) is 0 Å². The van der Waals surface area contributed by atoms with Crippen LogP contribution in [0.4, 0.5) is 0 Å². The van der Waals surface area contributed by atoms with Gasteiger partial charge in [0, 0.05) is 18.5 Å². The molecule has 0 aromatic carbocycles. The third-order valence-corrected chi connectivity index (χ3v) is 5.06. The van der Waals surface area contributed by atoms with Gasteiger partial charge >= 0.3 is 0 Å². The van der Waals surface area contributed by atoms with Crippen LogP contribution in [0.15, 0.2) is 0 Å². The van der Waals surface area contributed by atoms with Crippen LogP contribution < -0.4 is 5.32 Å². The van der Waals surface area contributed by atoms with Crippen LogP contribution in [0.1, 0.15) is 44.0 Å². The molecule has 2 aliphatic rings. The molecule has 1 saturated heterocycles. The average Bonchev–Trinajstić information content (AvgIpc) is 3.08. The molecule has 1 aliphatic carbocycles. The fourth-order valence-corrected chi connectivity index (χ4v) is 3.65. The van der Waals surface area contributed by atoms with Crippen molar-refractivity contribution in [2.24, 2.45) is 5.92 Å². The lowest BCUT2D eigenvalue weighted by atomic mass is 9.86. The van der Waals surface area contributed by atoms with Crippen molar-refractivity contribution in [1.82, 2.24) is 15.1 Å². The molecule has 0 radical (unpaired) electrons. The number of nitrogens with one attached hydrogen (secondary N) is 1. The van der Waals surface area contributed by atoms with Crippen molar-refractivity contribution in [3.05, 3.63) is 16.4 Å². The number of aromatic nitrogens is 2. The molecule has 1 saturated carbocycles. The lowest BCUT2D eigenvalue weighted by molar-refractivity contribution is 0.315. The van der Waals surface area contributed by atoms with Crippen LogP contribution in [-0.4, -0.2) is 21.9 Å². The molecular weight excluding hydrogens is 246 g/mol. The zero-order valence-electron chi connectivity index (χ0n) is 11.3. The molecule has 0 spiro atoms. The van der Waals surface area contributed by atoms with Crippen LogP contribution in [0.5, 0.6) is 0 Å². The van der Waals surface area contributed by atoms with Gasteiger partial charge in [0.05, 0.1) is 16.4 Å². The van der Waals surface area contributed by atoms with E-state index in [0.29, 0.717) is 5.54 Å². The second-order valence-electron chi connectivity index (χ2n) is 5.80. The van der Waals surface area contributed by atoms with E-state index < -0.39 is 0 Å². The van der Waals surface area contributed by atoms with Gasteiger partial charge in [-0.3, -0.25) is 4.68 Å². The molecule has 2 heterocycles. The zero-order valence-corrected chi connectivity index (χ0v) is 12.1. The van der Waals surface area contributed by atoms with Crippen molar-refractivity contribution in [2.45, 2.75) is 58.0 Å². The highest BCUT2D eigenvalue weighted by Gasteiger charge is 2.47. The van der Waals surface area contributed by atoms with Gasteiger partial charge in [0.2, 0.25) is 0 Å². The molecule has 2 fully saturated rings. The van der Waals surface area contributed by atoms with Crippen molar-refractivity contribution in [3.63, 3.8) is 0 Å². The quantitative estimate of drug-likeness (QED) is 0.909. The monoisotopic (exact) mass is 267 g/mol. The van der Waals surface area contributed by atoms with Crippen molar-refractivity contribution >= 4 is 11.6 Å². The van der Waals surface area contributed by atoms with E-state index in [2.05, 4.69) is 22.0 Å². The number of halogens is 1. The maximum atomic E-state index is 6.45.